The van der Waals surface area contributed by atoms with Crippen LogP contribution in [0.3, 0.4) is 0 Å². The van der Waals surface area contributed by atoms with Crippen LogP contribution >= 0.6 is 0 Å². The first-order valence-electron chi connectivity index (χ1n) is 18.1. The topological polar surface area (TPSA) is 28.3 Å². The highest BCUT2D eigenvalue weighted by molar-refractivity contribution is 6.10. The maximum absolute atomic E-state index is 7.38. The Kier molecular flexibility index (Phi) is 5.67. The lowest BCUT2D eigenvalue weighted by atomic mass is 9.61. The third-order valence-corrected chi connectivity index (χ3v) is 11.4. The van der Waals surface area contributed by atoms with Gasteiger partial charge in [0.1, 0.15) is 17.2 Å². The largest absolute Gasteiger partial charge is 0.457 e. The van der Waals surface area contributed by atoms with E-state index in [1.807, 2.05) is 0 Å². The summed E-state index contributed by atoms with van der Waals surface area (Å²) in [5.74, 6) is 3.32. The van der Waals surface area contributed by atoms with Crippen LogP contribution in [0, 0.1) is 0 Å². The van der Waals surface area contributed by atoms with Crippen molar-refractivity contribution in [2.24, 2.45) is 0 Å². The predicted molar refractivity (Wildman–Crippen MR) is 214 cm³/mol. The fourth-order valence-corrected chi connectivity index (χ4v) is 9.43. The van der Waals surface area contributed by atoms with E-state index in [-0.39, 0.29) is 0 Å². The van der Waals surface area contributed by atoms with Crippen LogP contribution in [-0.2, 0) is 5.41 Å². The highest BCUT2D eigenvalue weighted by Crippen LogP contribution is 2.63. The van der Waals surface area contributed by atoms with Crippen molar-refractivity contribution in [1.82, 2.24) is 9.13 Å². The van der Waals surface area contributed by atoms with Gasteiger partial charge in [-0.05, 0) is 54.6 Å². The van der Waals surface area contributed by atoms with Crippen molar-refractivity contribution in [3.63, 3.8) is 0 Å². The molecule has 2 aliphatic heterocycles. The fourth-order valence-electron chi connectivity index (χ4n) is 9.43. The Labute approximate surface area is 305 Å². The molecule has 2 aromatic heterocycles. The number of fused-ring (bicyclic) bond motifs is 14. The zero-order valence-electron chi connectivity index (χ0n) is 28.5. The quantitative estimate of drug-likeness (QED) is 0.182. The molecule has 0 saturated heterocycles. The molecule has 0 fully saturated rings. The highest BCUT2D eigenvalue weighted by atomic mass is 16.5. The molecule has 0 N–H and O–H groups in total. The van der Waals surface area contributed by atoms with Gasteiger partial charge in [-0.25, -0.2) is 0 Å². The maximum atomic E-state index is 7.38. The monoisotopic (exact) mass is 678 g/mol. The summed E-state index contributed by atoms with van der Waals surface area (Å²) < 4.78 is 18.9. The number of nitrogens with zero attached hydrogens (tertiary/aromatic N) is 2. The van der Waals surface area contributed by atoms with E-state index < -0.39 is 5.41 Å². The molecule has 1 spiro atoms. The predicted octanol–water partition coefficient (Wildman–Crippen LogP) is 12.5. The first kappa shape index (κ1) is 28.6. The molecule has 8 aromatic carbocycles. The second kappa shape index (κ2) is 10.5. The van der Waals surface area contributed by atoms with Gasteiger partial charge in [0.2, 0.25) is 0 Å². The van der Waals surface area contributed by atoms with Gasteiger partial charge in [0.05, 0.1) is 38.9 Å². The number of hydrogen-bond donors (Lipinski definition) is 0. The van der Waals surface area contributed by atoms with Crippen LogP contribution in [0.2, 0.25) is 0 Å². The Hall–Kier alpha value is -7.04. The molecule has 248 valence electrons. The molecule has 0 unspecified atom stereocenters. The molecule has 4 nitrogen and oxygen atoms in total. The van der Waals surface area contributed by atoms with Gasteiger partial charge in [-0.15, -0.1) is 0 Å². The van der Waals surface area contributed by atoms with Crippen molar-refractivity contribution in [3.8, 4) is 34.4 Å². The Morgan fingerprint density at radius 2 is 0.717 bits per heavy atom. The van der Waals surface area contributed by atoms with Crippen molar-refractivity contribution < 1.29 is 9.47 Å². The molecule has 10 aromatic rings. The Balaban J connectivity index is 1.27. The lowest BCUT2D eigenvalue weighted by Gasteiger charge is -2.46. The minimum atomic E-state index is -0.799. The smallest absolute Gasteiger partial charge is 0.156 e. The molecule has 0 bridgehead atoms. The van der Waals surface area contributed by atoms with Crippen molar-refractivity contribution >= 4 is 43.6 Å². The number of rotatable bonds is 2. The van der Waals surface area contributed by atoms with E-state index in [4.69, 9.17) is 9.47 Å². The van der Waals surface area contributed by atoms with E-state index in [1.54, 1.807) is 0 Å². The lowest BCUT2D eigenvalue weighted by molar-refractivity contribution is 0.398. The van der Waals surface area contributed by atoms with Crippen molar-refractivity contribution in [3.05, 3.63) is 204 Å². The van der Waals surface area contributed by atoms with Crippen LogP contribution in [0.4, 0.5) is 0 Å². The SMILES string of the molecule is c1ccc2c(c1)Oc1ccccc1C21c2cccc(-n3c4ccccc4c4ccccc43)c2Oc2cccc(-n3c4ccccc4c4ccccc43)c21. The first-order valence-corrected chi connectivity index (χ1v) is 18.1. The normalized spacial score (nSPS) is 13.7. The minimum Gasteiger partial charge on any atom is -0.457 e. The number of benzene rings is 8. The van der Waals surface area contributed by atoms with E-state index in [2.05, 4.69) is 191 Å². The summed E-state index contributed by atoms with van der Waals surface area (Å²) in [6, 6.07) is 65.0. The maximum Gasteiger partial charge on any atom is 0.156 e. The van der Waals surface area contributed by atoms with Gasteiger partial charge < -0.3 is 18.6 Å². The summed E-state index contributed by atoms with van der Waals surface area (Å²) >= 11 is 0. The summed E-state index contributed by atoms with van der Waals surface area (Å²) in [6.45, 7) is 0. The zero-order chi connectivity index (χ0) is 34.7. The van der Waals surface area contributed by atoms with E-state index >= 15 is 0 Å². The van der Waals surface area contributed by atoms with Crippen LogP contribution < -0.4 is 9.47 Å². The van der Waals surface area contributed by atoms with Crippen LogP contribution in [-0.4, -0.2) is 9.13 Å². The average Bonchev–Trinajstić information content (AvgIpc) is 3.73. The summed E-state index contributed by atoms with van der Waals surface area (Å²) in [4.78, 5) is 0. The Morgan fingerprint density at radius 1 is 0.321 bits per heavy atom. The second-order valence-electron chi connectivity index (χ2n) is 14.0. The van der Waals surface area contributed by atoms with Crippen LogP contribution in [0.5, 0.6) is 23.0 Å². The molecule has 0 aliphatic carbocycles. The van der Waals surface area contributed by atoms with Gasteiger partial charge in [-0.3, -0.25) is 0 Å². The fraction of sp³-hybridized carbons (Fsp3) is 0.0204. The molecular formula is C49H30N2O2. The van der Waals surface area contributed by atoms with E-state index in [9.17, 15) is 0 Å². The molecule has 4 heteroatoms. The number of para-hydroxylation sites is 7. The molecule has 2 aliphatic rings. The number of ether oxygens (including phenoxy) is 2. The van der Waals surface area contributed by atoms with Crippen molar-refractivity contribution in [2.45, 2.75) is 5.41 Å². The van der Waals surface area contributed by atoms with E-state index in [0.29, 0.717) is 0 Å². The number of hydrogen-bond acceptors (Lipinski definition) is 2. The Morgan fingerprint density at radius 3 is 1.26 bits per heavy atom. The van der Waals surface area contributed by atoms with Gasteiger partial charge >= 0.3 is 0 Å². The Bertz CT molecular complexity index is 2990. The lowest BCUT2D eigenvalue weighted by Crippen LogP contribution is -2.38. The van der Waals surface area contributed by atoms with Gasteiger partial charge in [0.15, 0.2) is 5.75 Å². The van der Waals surface area contributed by atoms with E-state index in [0.717, 1.165) is 78.7 Å². The molecule has 0 atom stereocenters. The molecule has 12 rings (SSSR count). The highest BCUT2D eigenvalue weighted by Gasteiger charge is 2.52. The van der Waals surface area contributed by atoms with Crippen molar-refractivity contribution in [1.29, 1.82) is 0 Å². The van der Waals surface area contributed by atoms with Gasteiger partial charge in [-0.1, -0.05) is 127 Å². The van der Waals surface area contributed by atoms with Crippen LogP contribution in [0.1, 0.15) is 22.3 Å². The van der Waals surface area contributed by atoms with Gasteiger partial charge in [-0.2, -0.15) is 0 Å². The first-order chi connectivity index (χ1) is 26.3. The second-order valence-corrected chi connectivity index (χ2v) is 14.0. The van der Waals surface area contributed by atoms with Crippen LogP contribution in [0.15, 0.2) is 182 Å². The molecule has 0 amide bonds. The minimum absolute atomic E-state index is 0.799. The summed E-state index contributed by atoms with van der Waals surface area (Å²) in [5.41, 5.74) is 10.2. The van der Waals surface area contributed by atoms with Crippen LogP contribution in [0.25, 0.3) is 55.0 Å². The van der Waals surface area contributed by atoms with Gasteiger partial charge in [0, 0.05) is 43.8 Å². The number of aromatic nitrogens is 2. The molecule has 0 radical (unpaired) electrons. The summed E-state index contributed by atoms with van der Waals surface area (Å²) in [7, 11) is 0. The average molecular weight is 679 g/mol. The molecule has 0 saturated carbocycles. The third kappa shape index (κ3) is 3.64. The summed E-state index contributed by atoms with van der Waals surface area (Å²) in [5, 5.41) is 4.85. The van der Waals surface area contributed by atoms with Crippen molar-refractivity contribution in [2.75, 3.05) is 0 Å². The van der Waals surface area contributed by atoms with E-state index in [1.165, 1.54) is 21.5 Å². The van der Waals surface area contributed by atoms with Gasteiger partial charge in [0.25, 0.3) is 0 Å². The molecular weight excluding hydrogens is 649 g/mol. The third-order valence-electron chi connectivity index (χ3n) is 11.4. The standard InChI is InChI=1S/C49H30N2O2/c1-7-22-38-31(15-1)32-16-2-8-23-39(32)50(38)42-26-14-30-46-47(42)49(35-19-5-11-28-44(35)52-45-29-12-6-20-36(45)49)37-21-13-27-43(48(37)53-46)51-40-24-9-3-17-33(40)34-18-4-10-25-41(34)51/h1-30H. The zero-order valence-corrected chi connectivity index (χ0v) is 28.5. The molecule has 53 heavy (non-hydrogen) atoms. The molecule has 4 heterocycles. The summed E-state index contributed by atoms with van der Waals surface area (Å²) in [6.07, 6.45) is 0.